The van der Waals surface area contributed by atoms with E-state index in [9.17, 15) is 9.59 Å². The van der Waals surface area contributed by atoms with Crippen molar-refractivity contribution in [1.29, 1.82) is 0 Å². The van der Waals surface area contributed by atoms with Gasteiger partial charge in [-0.25, -0.2) is 9.97 Å². The molecular formula is C30H26ClN5O2. The summed E-state index contributed by atoms with van der Waals surface area (Å²) in [5, 5.41) is 9.44. The zero-order valence-corrected chi connectivity index (χ0v) is 21.5. The Morgan fingerprint density at radius 2 is 1.63 bits per heavy atom. The molecule has 0 spiro atoms. The summed E-state index contributed by atoms with van der Waals surface area (Å²) in [6.45, 7) is 9.40. The summed E-state index contributed by atoms with van der Waals surface area (Å²) >= 11 is 6.09. The number of amides is 2. The van der Waals surface area contributed by atoms with Crippen molar-refractivity contribution < 1.29 is 9.59 Å². The number of carbonyl (C=O) groups excluding carboxylic acids is 2. The lowest BCUT2D eigenvalue weighted by atomic mass is 10.1. The van der Waals surface area contributed by atoms with E-state index in [0.29, 0.717) is 39.9 Å². The highest BCUT2D eigenvalue weighted by Gasteiger charge is 2.12. The molecule has 0 atom stereocenters. The normalized spacial score (nSPS) is 10.4. The number of hydrogen-bond donors (Lipinski definition) is 3. The third kappa shape index (κ3) is 6.93. The Morgan fingerprint density at radius 3 is 2.37 bits per heavy atom. The Labute approximate surface area is 226 Å². The maximum Gasteiger partial charge on any atom is 0.256 e. The molecule has 0 unspecified atom stereocenters. The minimum absolute atomic E-state index is 0.276. The molecule has 0 bridgehead atoms. The van der Waals surface area contributed by atoms with E-state index in [-0.39, 0.29) is 11.8 Å². The molecule has 8 heteroatoms. The zero-order chi connectivity index (χ0) is 27.1. The Balaban J connectivity index is 1.41. The summed E-state index contributed by atoms with van der Waals surface area (Å²) in [4.78, 5) is 33.3. The van der Waals surface area contributed by atoms with Gasteiger partial charge in [-0.1, -0.05) is 55.1 Å². The number of rotatable bonds is 9. The van der Waals surface area contributed by atoms with Gasteiger partial charge < -0.3 is 16.0 Å². The number of halogens is 1. The standard InChI is InChI=1S/C30H26ClN5O2/c1-4-29(37)35-24-10-5-7-21(13-24)14-28-32-17-26(18-33-28)36-30(38)27-16-25(12-11-19(27)2)34-20(3)22-8-6-9-23(31)15-22/h4-13,15-18,34H,1,3,14H2,2H3,(H,35,37)(H,36,38). The van der Waals surface area contributed by atoms with E-state index in [0.717, 1.165) is 22.4 Å². The van der Waals surface area contributed by atoms with Crippen LogP contribution in [-0.2, 0) is 11.2 Å². The third-order valence-electron chi connectivity index (χ3n) is 5.66. The molecule has 0 aliphatic rings. The van der Waals surface area contributed by atoms with Gasteiger partial charge in [0.25, 0.3) is 5.91 Å². The van der Waals surface area contributed by atoms with Crippen LogP contribution < -0.4 is 16.0 Å². The average Bonchev–Trinajstić information content (AvgIpc) is 2.91. The molecule has 1 heterocycles. The van der Waals surface area contributed by atoms with Crippen LogP contribution in [0.5, 0.6) is 0 Å². The van der Waals surface area contributed by atoms with Crippen molar-refractivity contribution in [3.8, 4) is 0 Å². The first-order valence-corrected chi connectivity index (χ1v) is 12.2. The van der Waals surface area contributed by atoms with Crippen molar-refractivity contribution in [1.82, 2.24) is 9.97 Å². The fraction of sp³-hybridized carbons (Fsp3) is 0.0667. The van der Waals surface area contributed by atoms with Crippen molar-refractivity contribution in [2.24, 2.45) is 0 Å². The van der Waals surface area contributed by atoms with Crippen LogP contribution in [0.3, 0.4) is 0 Å². The van der Waals surface area contributed by atoms with E-state index in [1.165, 1.54) is 6.08 Å². The number of nitrogens with one attached hydrogen (secondary N) is 3. The van der Waals surface area contributed by atoms with Gasteiger partial charge in [-0.2, -0.15) is 0 Å². The molecule has 0 radical (unpaired) electrons. The van der Waals surface area contributed by atoms with E-state index >= 15 is 0 Å². The molecule has 190 valence electrons. The quantitative estimate of drug-likeness (QED) is 0.218. The number of nitrogens with zero attached hydrogens (tertiary/aromatic N) is 2. The summed E-state index contributed by atoms with van der Waals surface area (Å²) < 4.78 is 0. The number of aryl methyl sites for hydroxylation is 1. The van der Waals surface area contributed by atoms with Crippen LogP contribution in [0.2, 0.25) is 5.02 Å². The van der Waals surface area contributed by atoms with Gasteiger partial charge in [-0.3, -0.25) is 9.59 Å². The van der Waals surface area contributed by atoms with Crippen molar-refractivity contribution >= 4 is 46.2 Å². The molecule has 4 rings (SSSR count). The number of aromatic nitrogens is 2. The molecule has 2 amide bonds. The van der Waals surface area contributed by atoms with Crippen molar-refractivity contribution in [2.75, 3.05) is 16.0 Å². The smallest absolute Gasteiger partial charge is 0.256 e. The molecule has 0 fully saturated rings. The maximum absolute atomic E-state index is 13.0. The Kier molecular flexibility index (Phi) is 8.30. The Morgan fingerprint density at radius 1 is 0.895 bits per heavy atom. The molecular weight excluding hydrogens is 498 g/mol. The molecule has 0 saturated heterocycles. The zero-order valence-electron chi connectivity index (χ0n) is 20.8. The minimum atomic E-state index is -0.277. The van der Waals surface area contributed by atoms with Crippen LogP contribution in [-0.4, -0.2) is 21.8 Å². The summed E-state index contributed by atoms with van der Waals surface area (Å²) in [5.41, 5.74) is 5.66. The van der Waals surface area contributed by atoms with Crippen molar-refractivity contribution in [3.05, 3.63) is 131 Å². The number of carbonyl (C=O) groups is 2. The first-order valence-electron chi connectivity index (χ1n) is 11.8. The molecule has 0 aliphatic heterocycles. The lowest BCUT2D eigenvalue weighted by Crippen LogP contribution is -2.14. The highest BCUT2D eigenvalue weighted by molar-refractivity contribution is 6.30. The van der Waals surface area contributed by atoms with Gasteiger partial charge in [0.2, 0.25) is 5.91 Å². The SMILES string of the molecule is C=CC(=O)Nc1cccc(Cc2ncc(NC(=O)c3cc(NC(=C)c4cccc(Cl)c4)ccc3C)cn2)c1. The molecule has 7 nitrogen and oxygen atoms in total. The number of hydrogen-bond acceptors (Lipinski definition) is 5. The second-order valence-corrected chi connectivity index (χ2v) is 8.99. The second-order valence-electron chi connectivity index (χ2n) is 8.56. The van der Waals surface area contributed by atoms with Crippen LogP contribution in [0.15, 0.2) is 98.4 Å². The summed E-state index contributed by atoms with van der Waals surface area (Å²) in [6.07, 6.45) is 4.83. The third-order valence-corrected chi connectivity index (χ3v) is 5.89. The van der Waals surface area contributed by atoms with Gasteiger partial charge >= 0.3 is 0 Å². The summed E-state index contributed by atoms with van der Waals surface area (Å²) in [6, 6.07) is 20.3. The highest BCUT2D eigenvalue weighted by atomic mass is 35.5. The highest BCUT2D eigenvalue weighted by Crippen LogP contribution is 2.23. The minimum Gasteiger partial charge on any atom is -0.356 e. The monoisotopic (exact) mass is 523 g/mol. The predicted molar refractivity (Wildman–Crippen MR) is 153 cm³/mol. The lowest BCUT2D eigenvalue weighted by Gasteiger charge is -2.13. The first-order chi connectivity index (χ1) is 18.3. The lowest BCUT2D eigenvalue weighted by molar-refractivity contribution is -0.111. The van der Waals surface area contributed by atoms with E-state index in [4.69, 9.17) is 11.6 Å². The molecule has 0 saturated carbocycles. The van der Waals surface area contributed by atoms with Crippen LogP contribution >= 0.6 is 11.6 Å². The molecule has 3 aromatic carbocycles. The van der Waals surface area contributed by atoms with Crippen LogP contribution in [0, 0.1) is 6.92 Å². The van der Waals surface area contributed by atoms with Gasteiger partial charge in [-0.05, 0) is 66.1 Å². The van der Waals surface area contributed by atoms with Gasteiger partial charge in [0.05, 0.1) is 18.1 Å². The fourth-order valence-electron chi connectivity index (χ4n) is 3.71. The van der Waals surface area contributed by atoms with E-state index in [1.807, 2.05) is 55.5 Å². The summed E-state index contributed by atoms with van der Waals surface area (Å²) in [7, 11) is 0. The van der Waals surface area contributed by atoms with E-state index in [1.54, 1.807) is 30.6 Å². The van der Waals surface area contributed by atoms with Crippen LogP contribution in [0.25, 0.3) is 5.70 Å². The fourth-order valence-corrected chi connectivity index (χ4v) is 3.90. The van der Waals surface area contributed by atoms with Gasteiger partial charge in [-0.15, -0.1) is 0 Å². The summed E-state index contributed by atoms with van der Waals surface area (Å²) in [5.74, 6) is 0.0275. The van der Waals surface area contributed by atoms with Gasteiger partial charge in [0, 0.05) is 34.1 Å². The Hall–Kier alpha value is -4.75. The molecule has 0 aliphatic carbocycles. The van der Waals surface area contributed by atoms with Crippen molar-refractivity contribution in [3.63, 3.8) is 0 Å². The molecule has 3 N–H and O–H groups in total. The Bertz CT molecular complexity index is 1520. The first kappa shape index (κ1) is 26.3. The molecule has 38 heavy (non-hydrogen) atoms. The molecule has 1 aromatic heterocycles. The van der Waals surface area contributed by atoms with Crippen LogP contribution in [0.1, 0.15) is 32.9 Å². The van der Waals surface area contributed by atoms with Crippen molar-refractivity contribution in [2.45, 2.75) is 13.3 Å². The topological polar surface area (TPSA) is 96.0 Å². The van der Waals surface area contributed by atoms with E-state index in [2.05, 4.69) is 39.1 Å². The van der Waals surface area contributed by atoms with E-state index < -0.39 is 0 Å². The average molecular weight is 524 g/mol. The number of benzene rings is 3. The second kappa shape index (κ2) is 12.0. The molecule has 4 aromatic rings. The van der Waals surface area contributed by atoms with Crippen LogP contribution in [0.4, 0.5) is 17.1 Å². The maximum atomic E-state index is 13.0. The van der Waals surface area contributed by atoms with Gasteiger partial charge in [0.15, 0.2) is 0 Å². The largest absolute Gasteiger partial charge is 0.356 e. The number of anilines is 3. The predicted octanol–water partition coefficient (Wildman–Crippen LogP) is 6.49. The van der Waals surface area contributed by atoms with Gasteiger partial charge in [0.1, 0.15) is 5.82 Å².